The molecule has 2 heterocycles. The normalized spacial score (nSPS) is 11.2. The second-order valence-electron chi connectivity index (χ2n) is 6.25. The molecule has 0 atom stereocenters. The van der Waals surface area contributed by atoms with E-state index in [0.29, 0.717) is 18.2 Å². The summed E-state index contributed by atoms with van der Waals surface area (Å²) in [7, 11) is 3.39. The van der Waals surface area contributed by atoms with Crippen molar-refractivity contribution >= 4 is 17.3 Å². The fraction of sp³-hybridized carbons (Fsp3) is 0.286. The maximum absolute atomic E-state index is 5.75. The zero-order valence-corrected chi connectivity index (χ0v) is 17.6. The number of aryl methyl sites for hydroxylation is 1. The van der Waals surface area contributed by atoms with E-state index in [9.17, 15) is 0 Å². The van der Waals surface area contributed by atoms with Crippen LogP contribution in [-0.2, 0) is 13.0 Å². The van der Waals surface area contributed by atoms with E-state index in [4.69, 9.17) is 9.47 Å². The first-order valence-corrected chi connectivity index (χ1v) is 10.1. The molecular formula is C21H25N5O2S. The molecule has 2 aromatic heterocycles. The van der Waals surface area contributed by atoms with E-state index in [2.05, 4.69) is 32.5 Å². The Hall–Kier alpha value is -3.13. The highest BCUT2D eigenvalue weighted by molar-refractivity contribution is 7.11. The molecule has 0 bridgehead atoms. The van der Waals surface area contributed by atoms with Gasteiger partial charge in [0.1, 0.15) is 11.5 Å². The number of aromatic nitrogens is 2. The van der Waals surface area contributed by atoms with Crippen molar-refractivity contribution in [2.24, 2.45) is 4.99 Å². The van der Waals surface area contributed by atoms with E-state index in [1.165, 1.54) is 4.88 Å². The van der Waals surface area contributed by atoms with Crippen LogP contribution in [0, 0.1) is 6.92 Å². The predicted molar refractivity (Wildman–Crippen MR) is 116 cm³/mol. The minimum atomic E-state index is 0.542. The summed E-state index contributed by atoms with van der Waals surface area (Å²) in [5, 5.41) is 7.71. The number of nitrogens with one attached hydrogen (secondary N) is 2. The van der Waals surface area contributed by atoms with Crippen LogP contribution in [0.3, 0.4) is 0 Å². The van der Waals surface area contributed by atoms with Crippen molar-refractivity contribution in [1.82, 2.24) is 20.6 Å². The van der Waals surface area contributed by atoms with Crippen molar-refractivity contribution in [2.45, 2.75) is 19.9 Å². The highest BCUT2D eigenvalue weighted by atomic mass is 32.1. The molecule has 152 valence electrons. The fourth-order valence-electron chi connectivity index (χ4n) is 2.55. The average Bonchev–Trinajstić information content (AvgIpc) is 3.17. The van der Waals surface area contributed by atoms with Crippen molar-refractivity contribution in [2.75, 3.05) is 20.7 Å². The van der Waals surface area contributed by atoms with Gasteiger partial charge in [0.25, 0.3) is 0 Å². The van der Waals surface area contributed by atoms with E-state index < -0.39 is 0 Å². The first-order valence-electron chi connectivity index (χ1n) is 9.29. The molecule has 1 aromatic carbocycles. The van der Waals surface area contributed by atoms with Crippen LogP contribution < -0.4 is 20.1 Å². The topological polar surface area (TPSA) is 80.7 Å². The lowest BCUT2D eigenvalue weighted by molar-refractivity contribution is 0.412. The zero-order chi connectivity index (χ0) is 20.5. The van der Waals surface area contributed by atoms with Crippen LogP contribution in [0.2, 0.25) is 0 Å². The Morgan fingerprint density at radius 1 is 1.03 bits per heavy atom. The van der Waals surface area contributed by atoms with Gasteiger partial charge in [-0.1, -0.05) is 6.07 Å². The predicted octanol–water partition coefficient (Wildman–Crippen LogP) is 3.56. The van der Waals surface area contributed by atoms with Gasteiger partial charge in [-0.25, -0.2) is 9.97 Å². The van der Waals surface area contributed by atoms with Crippen LogP contribution in [-0.4, -0.2) is 36.6 Å². The Bertz CT molecular complexity index is 923. The number of thiazole rings is 1. The van der Waals surface area contributed by atoms with Gasteiger partial charge >= 0.3 is 0 Å². The molecule has 3 aromatic rings. The molecular weight excluding hydrogens is 386 g/mol. The summed E-state index contributed by atoms with van der Waals surface area (Å²) in [5.41, 5.74) is 1.03. The quantitative estimate of drug-likeness (QED) is 0.436. The number of hydrogen-bond donors (Lipinski definition) is 2. The lowest BCUT2D eigenvalue weighted by Gasteiger charge is -2.11. The first kappa shape index (κ1) is 20.6. The number of rotatable bonds is 8. The number of hydrogen-bond acceptors (Lipinski definition) is 6. The summed E-state index contributed by atoms with van der Waals surface area (Å²) in [6, 6.07) is 11.2. The van der Waals surface area contributed by atoms with E-state index in [0.717, 1.165) is 35.2 Å². The molecule has 0 saturated carbocycles. The average molecular weight is 412 g/mol. The maximum Gasteiger partial charge on any atom is 0.219 e. The van der Waals surface area contributed by atoms with Crippen LogP contribution in [0.4, 0.5) is 0 Å². The molecule has 8 heteroatoms. The number of methoxy groups -OCH3 is 1. The van der Waals surface area contributed by atoms with Crippen LogP contribution in [0.15, 0.2) is 53.8 Å². The summed E-state index contributed by atoms with van der Waals surface area (Å²) in [4.78, 5) is 14.2. The van der Waals surface area contributed by atoms with Crippen molar-refractivity contribution in [1.29, 1.82) is 0 Å². The molecule has 0 unspecified atom stereocenters. The van der Waals surface area contributed by atoms with Crippen LogP contribution in [0.1, 0.15) is 15.4 Å². The monoisotopic (exact) mass is 411 g/mol. The second-order valence-corrected chi connectivity index (χ2v) is 7.57. The molecule has 0 amide bonds. The third kappa shape index (κ3) is 6.46. The first-order chi connectivity index (χ1) is 14.2. The minimum Gasteiger partial charge on any atom is -0.497 e. The number of nitrogens with zero attached hydrogens (tertiary/aromatic N) is 3. The number of benzene rings is 1. The largest absolute Gasteiger partial charge is 0.497 e. The second kappa shape index (κ2) is 10.4. The lowest BCUT2D eigenvalue weighted by atomic mass is 10.3. The molecule has 0 aliphatic carbocycles. The van der Waals surface area contributed by atoms with Crippen LogP contribution in [0.25, 0.3) is 0 Å². The summed E-state index contributed by atoms with van der Waals surface area (Å²) in [6.45, 7) is 3.46. The van der Waals surface area contributed by atoms with Crippen molar-refractivity contribution in [3.8, 4) is 17.4 Å². The van der Waals surface area contributed by atoms with E-state index in [-0.39, 0.29) is 0 Å². The minimum absolute atomic E-state index is 0.542. The van der Waals surface area contributed by atoms with E-state index in [1.807, 2.05) is 42.6 Å². The summed E-state index contributed by atoms with van der Waals surface area (Å²) in [5.74, 6) is 2.79. The maximum atomic E-state index is 5.75. The number of ether oxygens (including phenoxy) is 2. The number of guanidine groups is 1. The van der Waals surface area contributed by atoms with Gasteiger partial charge in [-0.3, -0.25) is 4.99 Å². The summed E-state index contributed by atoms with van der Waals surface area (Å²) >= 11 is 1.72. The van der Waals surface area contributed by atoms with Gasteiger partial charge in [0, 0.05) is 49.9 Å². The highest BCUT2D eigenvalue weighted by Crippen LogP contribution is 2.22. The summed E-state index contributed by atoms with van der Waals surface area (Å²) in [6.07, 6.45) is 4.57. The van der Waals surface area contributed by atoms with Gasteiger partial charge in [-0.2, -0.15) is 0 Å². The molecule has 3 rings (SSSR count). The molecule has 0 radical (unpaired) electrons. The Balaban J connectivity index is 1.44. The molecule has 0 aliphatic heterocycles. The molecule has 29 heavy (non-hydrogen) atoms. The van der Waals surface area contributed by atoms with Gasteiger partial charge in [0.2, 0.25) is 5.88 Å². The van der Waals surface area contributed by atoms with Crippen LogP contribution in [0.5, 0.6) is 17.4 Å². The van der Waals surface area contributed by atoms with Gasteiger partial charge < -0.3 is 20.1 Å². The van der Waals surface area contributed by atoms with Gasteiger partial charge in [-0.05, 0) is 36.8 Å². The van der Waals surface area contributed by atoms with Gasteiger partial charge in [0.15, 0.2) is 5.96 Å². The molecule has 0 spiro atoms. The third-order valence-electron chi connectivity index (χ3n) is 4.06. The van der Waals surface area contributed by atoms with E-state index in [1.54, 1.807) is 31.7 Å². The molecule has 0 aliphatic rings. The van der Waals surface area contributed by atoms with Crippen molar-refractivity contribution < 1.29 is 9.47 Å². The Labute approximate surface area is 174 Å². The van der Waals surface area contributed by atoms with Gasteiger partial charge in [0.05, 0.1) is 12.1 Å². The van der Waals surface area contributed by atoms with Gasteiger partial charge in [-0.15, -0.1) is 11.3 Å². The molecule has 7 nitrogen and oxygen atoms in total. The zero-order valence-electron chi connectivity index (χ0n) is 16.8. The SMILES string of the molecule is CN=C(NCCc1ncc(C)s1)NCc1ccc(Oc2ccc(OC)cc2)nc1. The summed E-state index contributed by atoms with van der Waals surface area (Å²) < 4.78 is 10.9. The van der Waals surface area contributed by atoms with Crippen LogP contribution >= 0.6 is 11.3 Å². The Morgan fingerprint density at radius 3 is 2.45 bits per heavy atom. The molecule has 0 fully saturated rings. The molecule has 0 saturated heterocycles. The van der Waals surface area contributed by atoms with Crippen molar-refractivity contribution in [3.05, 3.63) is 64.2 Å². The smallest absolute Gasteiger partial charge is 0.219 e. The Morgan fingerprint density at radius 2 is 1.83 bits per heavy atom. The fourth-order valence-corrected chi connectivity index (χ4v) is 3.34. The highest BCUT2D eigenvalue weighted by Gasteiger charge is 2.03. The number of pyridine rings is 1. The Kier molecular flexibility index (Phi) is 7.40. The van der Waals surface area contributed by atoms with Crippen molar-refractivity contribution in [3.63, 3.8) is 0 Å². The molecule has 2 N–H and O–H groups in total. The lowest BCUT2D eigenvalue weighted by Crippen LogP contribution is -2.37. The standard InChI is InChI=1S/C21H25N5O2S/c1-15-12-25-20(29-15)10-11-23-21(22-2)26-14-16-4-9-19(24-13-16)28-18-7-5-17(27-3)6-8-18/h4-9,12-13H,10-11,14H2,1-3H3,(H2,22,23,26). The van der Waals surface area contributed by atoms with E-state index >= 15 is 0 Å². The number of aliphatic imine (C=N–C) groups is 1. The third-order valence-corrected chi connectivity index (χ3v) is 5.04.